The lowest BCUT2D eigenvalue weighted by Crippen LogP contribution is -2.73. The summed E-state index contributed by atoms with van der Waals surface area (Å²) in [5.74, 6) is 0.669. The first-order chi connectivity index (χ1) is 12.1. The Bertz CT molecular complexity index is 814. The number of piperazine rings is 1. The molecule has 2 amide bonds. The lowest BCUT2D eigenvalue weighted by atomic mass is 9.49. The number of carbonyl (C=O) groups excluding carboxylic acids is 2. The largest absolute Gasteiger partial charge is 0.328 e. The number of nitrogens with zero attached hydrogens (tertiary/aromatic N) is 6. The summed E-state index contributed by atoms with van der Waals surface area (Å²) in [6.07, 6.45) is 8.12. The normalized spacial score (nSPS) is 27.9. The predicted molar refractivity (Wildman–Crippen MR) is 86.4 cm³/mol. The molecule has 3 saturated carbocycles. The molecule has 3 aliphatic carbocycles. The lowest BCUT2D eigenvalue weighted by molar-refractivity contribution is -0.186. The minimum Gasteiger partial charge on any atom is -0.328 e. The zero-order valence-electron chi connectivity index (χ0n) is 13.7. The summed E-state index contributed by atoms with van der Waals surface area (Å²) >= 11 is 0. The maximum Gasteiger partial charge on any atom is 0.312 e. The molecule has 25 heavy (non-hydrogen) atoms. The zero-order valence-corrected chi connectivity index (χ0v) is 13.7. The quantitative estimate of drug-likeness (QED) is 0.753. The molecule has 0 radical (unpaired) electrons. The van der Waals surface area contributed by atoms with Crippen molar-refractivity contribution in [1.29, 1.82) is 0 Å². The zero-order chi connectivity index (χ0) is 17.0. The van der Waals surface area contributed by atoms with E-state index in [0.29, 0.717) is 25.5 Å². The van der Waals surface area contributed by atoms with Crippen LogP contribution in [-0.2, 0) is 16.1 Å². The van der Waals surface area contributed by atoms with Gasteiger partial charge in [0.05, 0.1) is 12.4 Å². The predicted octanol–water partition coefficient (Wildman–Crippen LogP) is 0.386. The number of hydrogen-bond acceptors (Lipinski definition) is 5. The van der Waals surface area contributed by atoms with Gasteiger partial charge in [0.25, 0.3) is 0 Å². The molecular formula is C17H18N6O2. The molecule has 4 fully saturated rings. The molecule has 1 aliphatic heterocycles. The summed E-state index contributed by atoms with van der Waals surface area (Å²) in [5, 5.41) is 8.06. The van der Waals surface area contributed by atoms with Crippen LogP contribution in [0.3, 0.4) is 0 Å². The van der Waals surface area contributed by atoms with Crippen molar-refractivity contribution in [2.24, 2.45) is 5.92 Å². The van der Waals surface area contributed by atoms with E-state index in [4.69, 9.17) is 0 Å². The summed E-state index contributed by atoms with van der Waals surface area (Å²) in [6, 6.07) is 3.69. The standard InChI is InChI=1S/C17H18N6O2/c24-15-16(25)22(17-7-13(8-17)9-17)6-5-21(15)11-12-1-2-14(18-10-12)23-19-3-4-20-23/h1-4,10,13H,5-9,11H2. The van der Waals surface area contributed by atoms with Gasteiger partial charge in [0.2, 0.25) is 0 Å². The average Bonchev–Trinajstić information content (AvgIpc) is 3.07. The third-order valence-electron chi connectivity index (χ3n) is 5.69. The molecule has 0 atom stereocenters. The van der Waals surface area contributed by atoms with Gasteiger partial charge in [-0.05, 0) is 36.8 Å². The van der Waals surface area contributed by atoms with Gasteiger partial charge in [-0.3, -0.25) is 9.59 Å². The van der Waals surface area contributed by atoms with Crippen molar-refractivity contribution >= 4 is 11.8 Å². The highest BCUT2D eigenvalue weighted by molar-refractivity contribution is 6.35. The van der Waals surface area contributed by atoms with Crippen molar-refractivity contribution in [2.75, 3.05) is 13.1 Å². The fourth-order valence-corrected chi connectivity index (χ4v) is 4.22. The van der Waals surface area contributed by atoms with Crippen LogP contribution in [0.4, 0.5) is 0 Å². The van der Waals surface area contributed by atoms with Crippen LogP contribution in [0, 0.1) is 5.92 Å². The SMILES string of the molecule is O=C1C(=O)N(C23CC(C2)C3)CCN1Cc1ccc(-n2nccn2)nc1. The van der Waals surface area contributed by atoms with Crippen LogP contribution in [0.15, 0.2) is 30.7 Å². The van der Waals surface area contributed by atoms with Gasteiger partial charge in [0, 0.05) is 31.4 Å². The van der Waals surface area contributed by atoms with E-state index in [0.717, 1.165) is 30.7 Å². The maximum atomic E-state index is 12.5. The van der Waals surface area contributed by atoms with Gasteiger partial charge in [-0.1, -0.05) is 6.07 Å². The average molecular weight is 338 g/mol. The Morgan fingerprint density at radius 2 is 1.80 bits per heavy atom. The molecule has 128 valence electrons. The van der Waals surface area contributed by atoms with Crippen LogP contribution >= 0.6 is 0 Å². The highest BCUT2D eigenvalue weighted by atomic mass is 16.2. The van der Waals surface area contributed by atoms with Gasteiger partial charge in [-0.25, -0.2) is 4.98 Å². The lowest BCUT2D eigenvalue weighted by Gasteiger charge is -2.66. The van der Waals surface area contributed by atoms with Crippen molar-refractivity contribution < 1.29 is 9.59 Å². The van der Waals surface area contributed by atoms with Gasteiger partial charge in [-0.15, -0.1) is 4.80 Å². The first-order valence-corrected chi connectivity index (χ1v) is 8.57. The second-order valence-corrected chi connectivity index (χ2v) is 7.23. The smallest absolute Gasteiger partial charge is 0.312 e. The highest BCUT2D eigenvalue weighted by Gasteiger charge is 2.62. The molecule has 0 N–H and O–H groups in total. The fourth-order valence-electron chi connectivity index (χ4n) is 4.22. The third kappa shape index (κ3) is 2.16. The van der Waals surface area contributed by atoms with Crippen LogP contribution in [0.1, 0.15) is 24.8 Å². The van der Waals surface area contributed by atoms with Crippen molar-refractivity contribution in [3.63, 3.8) is 0 Å². The van der Waals surface area contributed by atoms with E-state index in [1.807, 2.05) is 11.0 Å². The highest BCUT2D eigenvalue weighted by Crippen LogP contribution is 2.60. The van der Waals surface area contributed by atoms with E-state index in [9.17, 15) is 9.59 Å². The Kier molecular flexibility index (Phi) is 2.98. The molecule has 8 nitrogen and oxygen atoms in total. The minimum atomic E-state index is -0.395. The van der Waals surface area contributed by atoms with E-state index >= 15 is 0 Å². The molecular weight excluding hydrogens is 320 g/mol. The molecule has 2 aromatic heterocycles. The Morgan fingerprint density at radius 1 is 1.04 bits per heavy atom. The first kappa shape index (κ1) is 14.6. The van der Waals surface area contributed by atoms with E-state index in [-0.39, 0.29) is 11.4 Å². The summed E-state index contributed by atoms with van der Waals surface area (Å²) in [7, 11) is 0. The summed E-state index contributed by atoms with van der Waals surface area (Å²) in [5.41, 5.74) is 0.903. The van der Waals surface area contributed by atoms with Crippen molar-refractivity contribution in [2.45, 2.75) is 31.3 Å². The van der Waals surface area contributed by atoms with Crippen LogP contribution < -0.4 is 0 Å². The van der Waals surface area contributed by atoms with Crippen molar-refractivity contribution in [1.82, 2.24) is 29.8 Å². The Labute approximate surface area is 144 Å². The minimum absolute atomic E-state index is 0.0173. The molecule has 3 heterocycles. The van der Waals surface area contributed by atoms with Crippen LogP contribution in [0.5, 0.6) is 0 Å². The molecule has 2 aromatic rings. The van der Waals surface area contributed by atoms with E-state index in [2.05, 4.69) is 15.2 Å². The third-order valence-corrected chi connectivity index (χ3v) is 5.69. The first-order valence-electron chi connectivity index (χ1n) is 8.57. The summed E-state index contributed by atoms with van der Waals surface area (Å²) in [4.78, 5) is 34.2. The summed E-state index contributed by atoms with van der Waals surface area (Å²) < 4.78 is 0. The Balaban J connectivity index is 1.27. The van der Waals surface area contributed by atoms with Gasteiger partial charge < -0.3 is 9.80 Å². The summed E-state index contributed by atoms with van der Waals surface area (Å²) in [6.45, 7) is 1.62. The Hall–Kier alpha value is -2.77. The number of pyridine rings is 1. The number of hydrogen-bond donors (Lipinski definition) is 0. The fraction of sp³-hybridized carbons (Fsp3) is 0.471. The molecule has 1 saturated heterocycles. The van der Waals surface area contributed by atoms with Crippen molar-refractivity contribution in [3.8, 4) is 5.82 Å². The number of amides is 2. The molecule has 0 aromatic carbocycles. The van der Waals surface area contributed by atoms with E-state index in [1.54, 1.807) is 29.6 Å². The maximum absolute atomic E-state index is 12.5. The number of aromatic nitrogens is 4. The molecule has 4 aliphatic rings. The molecule has 0 spiro atoms. The molecule has 2 bridgehead atoms. The van der Waals surface area contributed by atoms with Gasteiger partial charge in [0.1, 0.15) is 0 Å². The van der Waals surface area contributed by atoms with E-state index < -0.39 is 5.91 Å². The van der Waals surface area contributed by atoms with Gasteiger partial charge >= 0.3 is 11.8 Å². The molecule has 0 unspecified atom stereocenters. The second kappa shape index (κ2) is 5.11. The topological polar surface area (TPSA) is 84.2 Å². The van der Waals surface area contributed by atoms with Gasteiger partial charge in [-0.2, -0.15) is 10.2 Å². The van der Waals surface area contributed by atoms with Crippen LogP contribution in [0.2, 0.25) is 0 Å². The van der Waals surface area contributed by atoms with Crippen molar-refractivity contribution in [3.05, 3.63) is 36.3 Å². The van der Waals surface area contributed by atoms with Gasteiger partial charge in [0.15, 0.2) is 5.82 Å². The van der Waals surface area contributed by atoms with Crippen LogP contribution in [0.25, 0.3) is 5.82 Å². The van der Waals surface area contributed by atoms with E-state index in [1.165, 1.54) is 4.80 Å². The second-order valence-electron chi connectivity index (χ2n) is 7.23. The van der Waals surface area contributed by atoms with Crippen LogP contribution in [-0.4, -0.2) is 60.2 Å². The number of rotatable bonds is 4. The molecule has 8 heteroatoms. The monoisotopic (exact) mass is 338 g/mol. The number of carbonyl (C=O) groups is 2. The Morgan fingerprint density at radius 3 is 2.40 bits per heavy atom. The molecule has 6 rings (SSSR count).